The van der Waals surface area contributed by atoms with Crippen LogP contribution in [0.1, 0.15) is 24.2 Å². The van der Waals surface area contributed by atoms with Crippen molar-refractivity contribution in [3.8, 4) is 0 Å². The first-order valence-electron chi connectivity index (χ1n) is 6.27. The molecule has 5 heteroatoms. The monoisotopic (exact) mass is 291 g/mol. The summed E-state index contributed by atoms with van der Waals surface area (Å²) in [6, 6.07) is 13.6. The number of rotatable bonds is 4. The highest BCUT2D eigenvalue weighted by atomic mass is 32.2. The number of sulfonamides is 1. The highest BCUT2D eigenvalue weighted by molar-refractivity contribution is 7.92. The fourth-order valence-electron chi connectivity index (χ4n) is 2.01. The minimum Gasteiger partial charge on any atom is -0.389 e. The quantitative estimate of drug-likeness (QED) is 0.910. The predicted molar refractivity (Wildman–Crippen MR) is 79.1 cm³/mol. The molecule has 1 atom stereocenters. The molecule has 0 aliphatic heterocycles. The number of hydrogen-bond donors (Lipinski definition) is 2. The van der Waals surface area contributed by atoms with Gasteiger partial charge in [-0.25, -0.2) is 8.42 Å². The zero-order chi connectivity index (χ0) is 14.8. The van der Waals surface area contributed by atoms with E-state index in [0.717, 1.165) is 0 Å². The van der Waals surface area contributed by atoms with E-state index in [1.807, 2.05) is 0 Å². The van der Waals surface area contributed by atoms with Crippen LogP contribution in [-0.4, -0.2) is 13.5 Å². The number of aryl methyl sites for hydroxylation is 1. The average molecular weight is 291 g/mol. The number of aliphatic hydroxyl groups is 1. The molecule has 4 nitrogen and oxygen atoms in total. The Morgan fingerprint density at radius 2 is 1.65 bits per heavy atom. The van der Waals surface area contributed by atoms with Gasteiger partial charge in [-0.1, -0.05) is 36.4 Å². The fraction of sp³-hybridized carbons (Fsp3) is 0.200. The molecule has 2 N–H and O–H groups in total. The number of anilines is 1. The topological polar surface area (TPSA) is 66.4 Å². The van der Waals surface area contributed by atoms with E-state index in [1.165, 1.54) is 0 Å². The Hall–Kier alpha value is -1.85. The smallest absolute Gasteiger partial charge is 0.262 e. The van der Waals surface area contributed by atoms with E-state index in [2.05, 4.69) is 4.72 Å². The lowest BCUT2D eigenvalue weighted by atomic mass is 10.1. The van der Waals surface area contributed by atoms with Gasteiger partial charge in [-0.2, -0.15) is 0 Å². The summed E-state index contributed by atoms with van der Waals surface area (Å²) in [5, 5.41) is 9.69. The van der Waals surface area contributed by atoms with E-state index in [9.17, 15) is 13.5 Å². The molecule has 2 aromatic rings. The van der Waals surface area contributed by atoms with Crippen molar-refractivity contribution in [2.75, 3.05) is 4.72 Å². The third-order valence-electron chi connectivity index (χ3n) is 3.04. The molecule has 1 unspecified atom stereocenters. The summed E-state index contributed by atoms with van der Waals surface area (Å²) in [7, 11) is -3.66. The SMILES string of the molecule is Cc1ccccc1S(=O)(=O)Nc1ccccc1C(C)O. The Balaban J connectivity index is 2.42. The van der Waals surface area contributed by atoms with Crippen LogP contribution in [0.3, 0.4) is 0 Å². The van der Waals surface area contributed by atoms with Crippen molar-refractivity contribution in [1.82, 2.24) is 0 Å². The summed E-state index contributed by atoms with van der Waals surface area (Å²) in [4.78, 5) is 0.236. The van der Waals surface area contributed by atoms with E-state index < -0.39 is 16.1 Å². The summed E-state index contributed by atoms with van der Waals surface area (Å²) in [5.74, 6) is 0. The Bertz CT molecular complexity index is 709. The van der Waals surface area contributed by atoms with E-state index >= 15 is 0 Å². The zero-order valence-corrected chi connectivity index (χ0v) is 12.2. The molecule has 0 aliphatic carbocycles. The molecule has 0 amide bonds. The number of nitrogens with one attached hydrogen (secondary N) is 1. The van der Waals surface area contributed by atoms with Crippen molar-refractivity contribution in [3.63, 3.8) is 0 Å². The predicted octanol–water partition coefficient (Wildman–Crippen LogP) is 2.85. The first-order chi connectivity index (χ1) is 9.42. The molecule has 0 heterocycles. The van der Waals surface area contributed by atoms with Gasteiger partial charge in [0.25, 0.3) is 10.0 Å². The van der Waals surface area contributed by atoms with E-state index in [4.69, 9.17) is 0 Å². The van der Waals surface area contributed by atoms with E-state index in [0.29, 0.717) is 16.8 Å². The highest BCUT2D eigenvalue weighted by Crippen LogP contribution is 2.25. The van der Waals surface area contributed by atoms with Crippen LogP contribution >= 0.6 is 0 Å². The molecular formula is C15H17NO3S. The van der Waals surface area contributed by atoms with Gasteiger partial charge in [0.2, 0.25) is 0 Å². The average Bonchev–Trinajstić information content (AvgIpc) is 2.39. The van der Waals surface area contributed by atoms with Crippen LogP contribution in [0, 0.1) is 6.92 Å². The van der Waals surface area contributed by atoms with Crippen molar-refractivity contribution in [1.29, 1.82) is 0 Å². The molecule has 0 fully saturated rings. The Morgan fingerprint density at radius 3 is 2.30 bits per heavy atom. The van der Waals surface area contributed by atoms with Crippen LogP contribution in [-0.2, 0) is 10.0 Å². The van der Waals surface area contributed by atoms with Gasteiger partial charge in [0.15, 0.2) is 0 Å². The molecule has 0 aromatic heterocycles. The lowest BCUT2D eigenvalue weighted by molar-refractivity contribution is 0.200. The zero-order valence-electron chi connectivity index (χ0n) is 11.4. The van der Waals surface area contributed by atoms with Gasteiger partial charge in [0, 0.05) is 5.56 Å². The molecule has 0 saturated carbocycles. The molecule has 0 aliphatic rings. The first kappa shape index (κ1) is 14.6. The largest absolute Gasteiger partial charge is 0.389 e. The standard InChI is InChI=1S/C15H17NO3S/c1-11-7-3-6-10-15(11)20(18,19)16-14-9-5-4-8-13(14)12(2)17/h3-10,12,16-17H,1-2H3. The van der Waals surface area contributed by atoms with Gasteiger partial charge < -0.3 is 5.11 Å². The molecule has 2 rings (SSSR count). The van der Waals surface area contributed by atoms with Gasteiger partial charge in [-0.05, 0) is 31.5 Å². The van der Waals surface area contributed by atoms with E-state index in [1.54, 1.807) is 62.4 Å². The van der Waals surface area contributed by atoms with Crippen molar-refractivity contribution >= 4 is 15.7 Å². The normalized spacial score (nSPS) is 12.9. The minimum atomic E-state index is -3.66. The third-order valence-corrected chi connectivity index (χ3v) is 4.56. The number of aliphatic hydroxyl groups excluding tert-OH is 1. The summed E-state index contributed by atoms with van der Waals surface area (Å²) in [6.45, 7) is 3.34. The van der Waals surface area contributed by atoms with Crippen LogP contribution in [0.2, 0.25) is 0 Å². The lowest BCUT2D eigenvalue weighted by Gasteiger charge is -2.15. The molecule has 2 aromatic carbocycles. The Labute approximate surface area is 119 Å². The molecule has 0 saturated heterocycles. The maximum Gasteiger partial charge on any atom is 0.262 e. The van der Waals surface area contributed by atoms with Crippen LogP contribution < -0.4 is 4.72 Å². The summed E-state index contributed by atoms with van der Waals surface area (Å²) in [6.07, 6.45) is -0.745. The fourth-order valence-corrected chi connectivity index (χ4v) is 3.35. The minimum absolute atomic E-state index is 0.236. The van der Waals surface area contributed by atoms with Gasteiger partial charge in [0.05, 0.1) is 16.7 Å². The van der Waals surface area contributed by atoms with Gasteiger partial charge >= 0.3 is 0 Å². The second kappa shape index (κ2) is 5.64. The van der Waals surface area contributed by atoms with Crippen LogP contribution in [0.15, 0.2) is 53.4 Å². The Kier molecular flexibility index (Phi) is 4.11. The van der Waals surface area contributed by atoms with Crippen LogP contribution in [0.25, 0.3) is 0 Å². The number of para-hydroxylation sites is 1. The van der Waals surface area contributed by atoms with Gasteiger partial charge in [0.1, 0.15) is 0 Å². The summed E-state index contributed by atoms with van der Waals surface area (Å²) >= 11 is 0. The number of hydrogen-bond acceptors (Lipinski definition) is 3. The molecule has 106 valence electrons. The number of benzene rings is 2. The molecular weight excluding hydrogens is 274 g/mol. The van der Waals surface area contributed by atoms with Crippen molar-refractivity contribution in [2.24, 2.45) is 0 Å². The molecule has 0 bridgehead atoms. The second-order valence-electron chi connectivity index (χ2n) is 4.63. The maximum absolute atomic E-state index is 12.4. The highest BCUT2D eigenvalue weighted by Gasteiger charge is 2.18. The van der Waals surface area contributed by atoms with Crippen LogP contribution in [0.4, 0.5) is 5.69 Å². The maximum atomic E-state index is 12.4. The summed E-state index contributed by atoms with van der Waals surface area (Å²) < 4.78 is 27.3. The van der Waals surface area contributed by atoms with Crippen molar-refractivity contribution in [2.45, 2.75) is 24.8 Å². The second-order valence-corrected chi connectivity index (χ2v) is 6.29. The van der Waals surface area contributed by atoms with Gasteiger partial charge in [-0.15, -0.1) is 0 Å². The lowest BCUT2D eigenvalue weighted by Crippen LogP contribution is -2.15. The van der Waals surface area contributed by atoms with Crippen molar-refractivity contribution in [3.05, 3.63) is 59.7 Å². The molecule has 0 radical (unpaired) electrons. The molecule has 20 heavy (non-hydrogen) atoms. The summed E-state index contributed by atoms with van der Waals surface area (Å²) in [5.41, 5.74) is 1.62. The Morgan fingerprint density at radius 1 is 1.05 bits per heavy atom. The van der Waals surface area contributed by atoms with Crippen molar-refractivity contribution < 1.29 is 13.5 Å². The third kappa shape index (κ3) is 3.00. The van der Waals surface area contributed by atoms with Gasteiger partial charge in [-0.3, -0.25) is 4.72 Å². The first-order valence-corrected chi connectivity index (χ1v) is 7.75. The van der Waals surface area contributed by atoms with E-state index in [-0.39, 0.29) is 4.90 Å². The van der Waals surface area contributed by atoms with Crippen LogP contribution in [0.5, 0.6) is 0 Å². The molecule has 0 spiro atoms.